The van der Waals surface area contributed by atoms with Crippen LogP contribution in [-0.2, 0) is 27.9 Å². The van der Waals surface area contributed by atoms with Gasteiger partial charge in [0.15, 0.2) is 0 Å². The fourth-order valence-electron chi connectivity index (χ4n) is 1.19. The van der Waals surface area contributed by atoms with Gasteiger partial charge in [0.05, 0.1) is 26.4 Å². The zero-order valence-corrected chi connectivity index (χ0v) is 12.0. The second kappa shape index (κ2) is 9.28. The van der Waals surface area contributed by atoms with E-state index in [-0.39, 0.29) is 26.4 Å². The van der Waals surface area contributed by atoms with Crippen LogP contribution in [0.5, 0.6) is 0 Å². The van der Waals surface area contributed by atoms with Crippen molar-refractivity contribution in [1.29, 1.82) is 0 Å². The SMILES string of the molecule is C=CCO[C@@H](C(=O)OCC)P(=O)(OCC)OCC. The molecule has 0 bridgehead atoms. The molecule has 0 radical (unpaired) electrons. The largest absolute Gasteiger partial charge is 0.464 e. The quantitative estimate of drug-likeness (QED) is 0.347. The van der Waals surface area contributed by atoms with Gasteiger partial charge in [-0.2, -0.15) is 0 Å². The molecule has 0 aliphatic carbocycles. The van der Waals surface area contributed by atoms with Crippen LogP contribution in [0.3, 0.4) is 0 Å². The smallest absolute Gasteiger partial charge is 0.370 e. The first kappa shape index (κ1) is 17.3. The minimum Gasteiger partial charge on any atom is -0.464 e. The number of rotatable bonds is 10. The van der Waals surface area contributed by atoms with Gasteiger partial charge in [-0.3, -0.25) is 4.57 Å². The van der Waals surface area contributed by atoms with Crippen LogP contribution in [0.2, 0.25) is 0 Å². The molecule has 0 saturated carbocycles. The first-order valence-corrected chi connectivity index (χ1v) is 7.44. The van der Waals surface area contributed by atoms with Crippen molar-refractivity contribution in [1.82, 2.24) is 0 Å². The van der Waals surface area contributed by atoms with E-state index in [1.54, 1.807) is 20.8 Å². The highest BCUT2D eigenvalue weighted by molar-refractivity contribution is 7.55. The third-order valence-electron chi connectivity index (χ3n) is 1.77. The van der Waals surface area contributed by atoms with Gasteiger partial charge in [0.1, 0.15) is 0 Å². The minimum absolute atomic E-state index is 0.0492. The second-order valence-corrected chi connectivity index (χ2v) is 5.17. The number of hydrogen-bond acceptors (Lipinski definition) is 6. The Bertz CT molecular complexity index is 294. The van der Waals surface area contributed by atoms with Gasteiger partial charge in [-0.1, -0.05) is 6.08 Å². The first-order chi connectivity index (χ1) is 8.55. The van der Waals surface area contributed by atoms with Crippen LogP contribution in [0.4, 0.5) is 0 Å². The molecule has 0 aromatic carbocycles. The third kappa shape index (κ3) is 5.31. The third-order valence-corrected chi connectivity index (χ3v) is 3.94. The van der Waals surface area contributed by atoms with Gasteiger partial charge in [-0.15, -0.1) is 6.58 Å². The number of esters is 1. The lowest BCUT2D eigenvalue weighted by molar-refractivity contribution is -0.151. The second-order valence-electron chi connectivity index (χ2n) is 3.10. The molecular formula is C11H21O6P. The lowest BCUT2D eigenvalue weighted by Crippen LogP contribution is -2.29. The van der Waals surface area contributed by atoms with Crippen molar-refractivity contribution in [3.05, 3.63) is 12.7 Å². The van der Waals surface area contributed by atoms with Crippen LogP contribution in [0.15, 0.2) is 12.7 Å². The molecular weight excluding hydrogens is 259 g/mol. The normalized spacial score (nSPS) is 13.1. The molecule has 7 heteroatoms. The lowest BCUT2D eigenvalue weighted by Gasteiger charge is -2.24. The predicted octanol–water partition coefficient (Wildman–Crippen LogP) is 2.34. The monoisotopic (exact) mass is 280 g/mol. The molecule has 0 N–H and O–H groups in total. The molecule has 0 aromatic heterocycles. The van der Waals surface area contributed by atoms with Crippen molar-refractivity contribution >= 4 is 13.6 Å². The molecule has 0 heterocycles. The summed E-state index contributed by atoms with van der Waals surface area (Å²) in [6, 6.07) is 0. The maximum absolute atomic E-state index is 12.4. The Hall–Kier alpha value is -0.680. The van der Waals surface area contributed by atoms with E-state index >= 15 is 0 Å². The molecule has 0 amide bonds. The van der Waals surface area contributed by atoms with Crippen LogP contribution in [0.1, 0.15) is 20.8 Å². The summed E-state index contributed by atoms with van der Waals surface area (Å²) in [6.07, 6.45) is 1.44. The standard InChI is InChI=1S/C11H21O6P/c1-5-9-15-11(10(12)14-6-2)18(13,16-7-3)17-8-4/h5,11H,1,6-9H2,2-4H3/t11-/m1/s1. The van der Waals surface area contributed by atoms with Crippen molar-refractivity contribution in [2.75, 3.05) is 26.4 Å². The van der Waals surface area contributed by atoms with Crippen molar-refractivity contribution in [2.24, 2.45) is 0 Å². The highest BCUT2D eigenvalue weighted by atomic mass is 31.2. The topological polar surface area (TPSA) is 71.1 Å². The van der Waals surface area contributed by atoms with Gasteiger partial charge in [0, 0.05) is 0 Å². The van der Waals surface area contributed by atoms with E-state index in [0.29, 0.717) is 0 Å². The van der Waals surface area contributed by atoms with Gasteiger partial charge in [0.25, 0.3) is 5.85 Å². The summed E-state index contributed by atoms with van der Waals surface area (Å²) >= 11 is 0. The van der Waals surface area contributed by atoms with E-state index in [1.807, 2.05) is 0 Å². The number of hydrogen-bond donors (Lipinski definition) is 0. The van der Waals surface area contributed by atoms with Crippen molar-refractivity contribution in [2.45, 2.75) is 26.6 Å². The summed E-state index contributed by atoms with van der Waals surface area (Å²) in [5, 5.41) is 0. The Labute approximate surface area is 108 Å². The van der Waals surface area contributed by atoms with E-state index in [1.165, 1.54) is 6.08 Å². The maximum atomic E-state index is 12.4. The summed E-state index contributed by atoms with van der Waals surface area (Å²) in [5.74, 6) is -2.14. The van der Waals surface area contributed by atoms with Crippen molar-refractivity contribution < 1.29 is 27.9 Å². The molecule has 0 saturated heterocycles. The molecule has 18 heavy (non-hydrogen) atoms. The molecule has 0 aliphatic rings. The summed E-state index contributed by atoms with van der Waals surface area (Å²) < 4.78 is 32.6. The maximum Gasteiger partial charge on any atom is 0.370 e. The highest BCUT2D eigenvalue weighted by Gasteiger charge is 2.43. The van der Waals surface area contributed by atoms with Crippen LogP contribution < -0.4 is 0 Å². The lowest BCUT2D eigenvalue weighted by atomic mass is 10.6. The molecule has 0 aliphatic heterocycles. The van der Waals surface area contributed by atoms with E-state index in [0.717, 1.165) is 0 Å². The molecule has 0 unspecified atom stereocenters. The Morgan fingerprint density at radius 1 is 1.22 bits per heavy atom. The zero-order chi connectivity index (χ0) is 14.0. The van der Waals surface area contributed by atoms with E-state index < -0.39 is 19.4 Å². The fraction of sp³-hybridized carbons (Fsp3) is 0.727. The van der Waals surface area contributed by atoms with Crippen LogP contribution in [0.25, 0.3) is 0 Å². The van der Waals surface area contributed by atoms with Gasteiger partial charge in [-0.05, 0) is 20.8 Å². The molecule has 0 spiro atoms. The molecule has 0 aromatic rings. The number of carbonyl (C=O) groups excluding carboxylic acids is 1. The number of ether oxygens (including phenoxy) is 2. The van der Waals surface area contributed by atoms with Gasteiger partial charge >= 0.3 is 13.6 Å². The minimum atomic E-state index is -3.69. The molecule has 0 rings (SSSR count). The van der Waals surface area contributed by atoms with Crippen molar-refractivity contribution in [3.63, 3.8) is 0 Å². The Morgan fingerprint density at radius 2 is 1.78 bits per heavy atom. The molecule has 0 fully saturated rings. The number of carbonyl (C=O) groups is 1. The van der Waals surface area contributed by atoms with Gasteiger partial charge in [0.2, 0.25) is 0 Å². The molecule has 1 atom stereocenters. The average Bonchev–Trinajstić information content (AvgIpc) is 2.30. The van der Waals surface area contributed by atoms with Gasteiger partial charge in [-0.25, -0.2) is 4.79 Å². The highest BCUT2D eigenvalue weighted by Crippen LogP contribution is 2.53. The Balaban J connectivity index is 5.01. The summed E-state index contributed by atoms with van der Waals surface area (Å²) in [4.78, 5) is 11.7. The molecule has 106 valence electrons. The van der Waals surface area contributed by atoms with E-state index in [9.17, 15) is 9.36 Å². The van der Waals surface area contributed by atoms with Crippen LogP contribution in [-0.4, -0.2) is 38.2 Å². The van der Waals surface area contributed by atoms with Gasteiger partial charge < -0.3 is 18.5 Å². The first-order valence-electron chi connectivity index (χ1n) is 5.83. The zero-order valence-electron chi connectivity index (χ0n) is 11.1. The molecule has 6 nitrogen and oxygen atoms in total. The summed E-state index contributed by atoms with van der Waals surface area (Å²) in [6.45, 7) is 8.91. The van der Waals surface area contributed by atoms with E-state index in [2.05, 4.69) is 6.58 Å². The Morgan fingerprint density at radius 3 is 2.17 bits per heavy atom. The summed E-state index contributed by atoms with van der Waals surface area (Å²) in [5.41, 5.74) is 0. The fourth-order valence-corrected chi connectivity index (χ4v) is 2.86. The van der Waals surface area contributed by atoms with Crippen LogP contribution >= 0.6 is 7.60 Å². The average molecular weight is 280 g/mol. The van der Waals surface area contributed by atoms with E-state index in [4.69, 9.17) is 18.5 Å². The summed E-state index contributed by atoms with van der Waals surface area (Å²) in [7, 11) is -3.69. The Kier molecular flexibility index (Phi) is 8.93. The van der Waals surface area contributed by atoms with Crippen LogP contribution in [0, 0.1) is 0 Å². The predicted molar refractivity (Wildman–Crippen MR) is 67.4 cm³/mol. The van der Waals surface area contributed by atoms with Crippen molar-refractivity contribution in [3.8, 4) is 0 Å².